The second kappa shape index (κ2) is 3.53. The highest BCUT2D eigenvalue weighted by atomic mass is 16.4. The molecule has 0 unspecified atom stereocenters. The SMILES string of the molecule is Cc1cc(-c2ccc(C(=O)O)o2)ncn1. The molecule has 2 heterocycles. The number of carboxylic acid groups (broad SMARTS) is 1. The molecule has 5 heteroatoms. The van der Waals surface area contributed by atoms with E-state index in [1.54, 1.807) is 12.1 Å². The zero-order valence-electron chi connectivity index (χ0n) is 7.97. The highest BCUT2D eigenvalue weighted by Crippen LogP contribution is 2.19. The lowest BCUT2D eigenvalue weighted by Crippen LogP contribution is -1.92. The van der Waals surface area contributed by atoms with E-state index in [1.165, 1.54) is 12.4 Å². The van der Waals surface area contributed by atoms with Crippen LogP contribution in [0.1, 0.15) is 16.2 Å². The van der Waals surface area contributed by atoms with E-state index in [9.17, 15) is 4.79 Å². The molecule has 0 bridgehead atoms. The molecule has 0 aliphatic rings. The summed E-state index contributed by atoms with van der Waals surface area (Å²) in [6, 6.07) is 4.70. The van der Waals surface area contributed by atoms with Gasteiger partial charge in [0.2, 0.25) is 5.76 Å². The first-order chi connectivity index (χ1) is 7.16. The number of aromatic carboxylic acids is 1. The second-order valence-corrected chi connectivity index (χ2v) is 3.01. The number of aryl methyl sites for hydroxylation is 1. The van der Waals surface area contributed by atoms with Gasteiger partial charge in [0.05, 0.1) is 0 Å². The van der Waals surface area contributed by atoms with Gasteiger partial charge in [-0.25, -0.2) is 14.8 Å². The molecule has 2 rings (SSSR count). The van der Waals surface area contributed by atoms with Crippen LogP contribution in [0.4, 0.5) is 0 Å². The van der Waals surface area contributed by atoms with Crippen molar-refractivity contribution in [2.75, 3.05) is 0 Å². The molecule has 0 aromatic carbocycles. The van der Waals surface area contributed by atoms with E-state index < -0.39 is 5.97 Å². The van der Waals surface area contributed by atoms with Gasteiger partial charge in [-0.15, -0.1) is 0 Å². The Hall–Kier alpha value is -2.17. The molecule has 76 valence electrons. The van der Waals surface area contributed by atoms with E-state index in [1.807, 2.05) is 6.92 Å². The quantitative estimate of drug-likeness (QED) is 0.806. The van der Waals surface area contributed by atoms with E-state index in [4.69, 9.17) is 9.52 Å². The second-order valence-electron chi connectivity index (χ2n) is 3.01. The Morgan fingerprint density at radius 2 is 2.20 bits per heavy atom. The van der Waals surface area contributed by atoms with Crippen LogP contribution >= 0.6 is 0 Å². The number of hydrogen-bond acceptors (Lipinski definition) is 4. The summed E-state index contributed by atoms with van der Waals surface area (Å²) in [6.45, 7) is 1.83. The average molecular weight is 204 g/mol. The molecule has 0 fully saturated rings. The molecule has 15 heavy (non-hydrogen) atoms. The average Bonchev–Trinajstić information content (AvgIpc) is 2.66. The lowest BCUT2D eigenvalue weighted by Gasteiger charge is -1.95. The van der Waals surface area contributed by atoms with E-state index >= 15 is 0 Å². The van der Waals surface area contributed by atoms with Crippen LogP contribution in [0.5, 0.6) is 0 Å². The van der Waals surface area contributed by atoms with Crippen molar-refractivity contribution in [3.63, 3.8) is 0 Å². The highest BCUT2D eigenvalue weighted by Gasteiger charge is 2.11. The van der Waals surface area contributed by atoms with Gasteiger partial charge in [0.25, 0.3) is 0 Å². The maximum atomic E-state index is 10.6. The van der Waals surface area contributed by atoms with Gasteiger partial charge in [-0.2, -0.15) is 0 Å². The summed E-state index contributed by atoms with van der Waals surface area (Å²) in [5.41, 5.74) is 1.38. The molecule has 2 aromatic heterocycles. The molecule has 5 nitrogen and oxygen atoms in total. The molecular formula is C10H8N2O3. The van der Waals surface area contributed by atoms with Gasteiger partial charge < -0.3 is 9.52 Å². The van der Waals surface area contributed by atoms with Crippen molar-refractivity contribution in [1.82, 2.24) is 9.97 Å². The minimum absolute atomic E-state index is 0.0961. The molecule has 0 saturated carbocycles. The van der Waals surface area contributed by atoms with Crippen molar-refractivity contribution in [2.45, 2.75) is 6.92 Å². The van der Waals surface area contributed by atoms with Crippen molar-refractivity contribution in [3.8, 4) is 11.5 Å². The summed E-state index contributed by atoms with van der Waals surface area (Å²) in [6.07, 6.45) is 1.41. The van der Waals surface area contributed by atoms with E-state index in [0.717, 1.165) is 5.69 Å². The van der Waals surface area contributed by atoms with Crippen molar-refractivity contribution in [3.05, 3.63) is 36.0 Å². The van der Waals surface area contributed by atoms with Gasteiger partial charge in [0.15, 0.2) is 5.76 Å². The number of carbonyl (C=O) groups is 1. The first-order valence-corrected chi connectivity index (χ1v) is 4.29. The lowest BCUT2D eigenvalue weighted by atomic mass is 10.3. The fourth-order valence-corrected chi connectivity index (χ4v) is 1.18. The number of carboxylic acids is 1. The van der Waals surface area contributed by atoms with Crippen LogP contribution in [0.25, 0.3) is 11.5 Å². The fraction of sp³-hybridized carbons (Fsp3) is 0.100. The topological polar surface area (TPSA) is 76.2 Å². The van der Waals surface area contributed by atoms with Crippen LogP contribution in [0.15, 0.2) is 28.9 Å². The summed E-state index contributed by atoms with van der Waals surface area (Å²) in [7, 11) is 0. The molecular weight excluding hydrogens is 196 g/mol. The number of rotatable bonds is 2. The third-order valence-corrected chi connectivity index (χ3v) is 1.87. The molecule has 0 atom stereocenters. The molecule has 0 spiro atoms. The Balaban J connectivity index is 2.41. The standard InChI is InChI=1S/C10H8N2O3/c1-6-4-7(12-5-11-6)8-2-3-9(15-8)10(13)14/h2-5H,1H3,(H,13,14). The van der Waals surface area contributed by atoms with Gasteiger partial charge in [-0.1, -0.05) is 0 Å². The summed E-state index contributed by atoms with van der Waals surface area (Å²) in [5, 5.41) is 8.67. The third kappa shape index (κ3) is 1.85. The van der Waals surface area contributed by atoms with Crippen molar-refractivity contribution in [1.29, 1.82) is 0 Å². The maximum Gasteiger partial charge on any atom is 0.371 e. The number of furan rings is 1. The Morgan fingerprint density at radius 1 is 1.40 bits per heavy atom. The normalized spacial score (nSPS) is 10.2. The van der Waals surface area contributed by atoms with E-state index in [-0.39, 0.29) is 5.76 Å². The number of hydrogen-bond donors (Lipinski definition) is 1. The first-order valence-electron chi connectivity index (χ1n) is 4.29. The fourth-order valence-electron chi connectivity index (χ4n) is 1.18. The van der Waals surface area contributed by atoms with Gasteiger partial charge in [-0.3, -0.25) is 0 Å². The zero-order valence-corrected chi connectivity index (χ0v) is 7.97. The molecule has 2 aromatic rings. The Labute approximate surface area is 85.4 Å². The molecule has 1 N–H and O–H groups in total. The van der Waals surface area contributed by atoms with Gasteiger partial charge in [0.1, 0.15) is 12.0 Å². The van der Waals surface area contributed by atoms with Crippen molar-refractivity contribution < 1.29 is 14.3 Å². The third-order valence-electron chi connectivity index (χ3n) is 1.87. The highest BCUT2D eigenvalue weighted by molar-refractivity contribution is 5.85. The summed E-state index contributed by atoms with van der Waals surface area (Å²) in [4.78, 5) is 18.5. The number of nitrogens with zero attached hydrogens (tertiary/aromatic N) is 2. The van der Waals surface area contributed by atoms with E-state index in [0.29, 0.717) is 11.5 Å². The predicted molar refractivity (Wildman–Crippen MR) is 51.4 cm³/mol. The Bertz CT molecular complexity index is 505. The van der Waals surface area contributed by atoms with Crippen LogP contribution < -0.4 is 0 Å². The van der Waals surface area contributed by atoms with Gasteiger partial charge in [0, 0.05) is 5.69 Å². The largest absolute Gasteiger partial charge is 0.475 e. The summed E-state index contributed by atoms with van der Waals surface area (Å²) >= 11 is 0. The van der Waals surface area contributed by atoms with E-state index in [2.05, 4.69) is 9.97 Å². The zero-order chi connectivity index (χ0) is 10.8. The molecule has 0 radical (unpaired) electrons. The van der Waals surface area contributed by atoms with Crippen LogP contribution in [-0.4, -0.2) is 21.0 Å². The Kier molecular flexibility index (Phi) is 2.21. The molecule has 0 aliphatic carbocycles. The van der Waals surface area contributed by atoms with Crippen LogP contribution in [0, 0.1) is 6.92 Å². The lowest BCUT2D eigenvalue weighted by molar-refractivity contribution is 0.0663. The minimum Gasteiger partial charge on any atom is -0.475 e. The Morgan fingerprint density at radius 3 is 2.80 bits per heavy atom. The summed E-state index contributed by atoms with van der Waals surface area (Å²) < 4.78 is 5.10. The van der Waals surface area contributed by atoms with Gasteiger partial charge in [-0.05, 0) is 25.1 Å². The monoisotopic (exact) mass is 204 g/mol. The summed E-state index contributed by atoms with van der Waals surface area (Å²) in [5.74, 6) is -0.758. The van der Waals surface area contributed by atoms with Crippen molar-refractivity contribution >= 4 is 5.97 Å². The van der Waals surface area contributed by atoms with Crippen LogP contribution in [0.3, 0.4) is 0 Å². The van der Waals surface area contributed by atoms with Gasteiger partial charge >= 0.3 is 5.97 Å². The van der Waals surface area contributed by atoms with Crippen LogP contribution in [-0.2, 0) is 0 Å². The number of aromatic nitrogens is 2. The first kappa shape index (κ1) is 9.39. The minimum atomic E-state index is -1.09. The predicted octanol–water partition coefficient (Wildman–Crippen LogP) is 1.74. The molecule has 0 aliphatic heterocycles. The van der Waals surface area contributed by atoms with Crippen molar-refractivity contribution in [2.24, 2.45) is 0 Å². The molecule has 0 amide bonds. The van der Waals surface area contributed by atoms with Crippen LogP contribution in [0.2, 0.25) is 0 Å². The maximum absolute atomic E-state index is 10.6. The smallest absolute Gasteiger partial charge is 0.371 e. The molecule has 0 saturated heterocycles.